The number of nitrogens with one attached hydrogen (secondary N) is 1. The van der Waals surface area contributed by atoms with Gasteiger partial charge in [0.15, 0.2) is 0 Å². The van der Waals surface area contributed by atoms with E-state index in [0.717, 1.165) is 11.1 Å². The highest BCUT2D eigenvalue weighted by Crippen LogP contribution is 2.10. The van der Waals surface area contributed by atoms with Gasteiger partial charge >= 0.3 is 12.1 Å². The number of ether oxygens (including phenoxy) is 1. The Hall–Kier alpha value is -2.04. The smallest absolute Gasteiger partial charge is 0.408 e. The van der Waals surface area contributed by atoms with Gasteiger partial charge in [0.25, 0.3) is 0 Å². The SMILES string of the molecule is Cc1ccc(CC[C@@H](NC(=O)OC(C)(C)C)C(=O)O)cc1. The Morgan fingerprint density at radius 2 is 1.81 bits per heavy atom. The number of carboxylic acid groups (broad SMARTS) is 1. The molecular formula is C16H23NO4. The van der Waals surface area contributed by atoms with Gasteiger partial charge in [-0.15, -0.1) is 0 Å². The van der Waals surface area contributed by atoms with Gasteiger partial charge < -0.3 is 15.2 Å². The molecule has 5 nitrogen and oxygen atoms in total. The predicted octanol–water partition coefficient (Wildman–Crippen LogP) is 2.91. The van der Waals surface area contributed by atoms with Crippen LogP contribution < -0.4 is 5.32 Å². The van der Waals surface area contributed by atoms with Crippen molar-refractivity contribution in [1.82, 2.24) is 5.32 Å². The maximum absolute atomic E-state index is 11.6. The van der Waals surface area contributed by atoms with E-state index in [2.05, 4.69) is 5.32 Å². The van der Waals surface area contributed by atoms with Crippen molar-refractivity contribution in [2.45, 2.75) is 52.2 Å². The van der Waals surface area contributed by atoms with E-state index < -0.39 is 23.7 Å². The maximum atomic E-state index is 11.6. The van der Waals surface area contributed by atoms with Crippen molar-refractivity contribution in [3.63, 3.8) is 0 Å². The first-order valence-electron chi connectivity index (χ1n) is 6.95. The number of carboxylic acids is 1. The molecule has 0 radical (unpaired) electrons. The van der Waals surface area contributed by atoms with Crippen molar-refractivity contribution in [3.05, 3.63) is 35.4 Å². The van der Waals surface area contributed by atoms with Crippen molar-refractivity contribution in [2.75, 3.05) is 0 Å². The van der Waals surface area contributed by atoms with Gasteiger partial charge in [0, 0.05) is 0 Å². The van der Waals surface area contributed by atoms with Crippen molar-refractivity contribution in [1.29, 1.82) is 0 Å². The molecular weight excluding hydrogens is 270 g/mol. The first kappa shape index (κ1) is 17.0. The van der Waals surface area contributed by atoms with Crippen LogP contribution in [0.15, 0.2) is 24.3 Å². The molecule has 0 fully saturated rings. The summed E-state index contributed by atoms with van der Waals surface area (Å²) in [7, 11) is 0. The minimum absolute atomic E-state index is 0.317. The Kier molecular flexibility index (Phi) is 5.76. The van der Waals surface area contributed by atoms with Gasteiger partial charge in [-0.2, -0.15) is 0 Å². The molecule has 1 rings (SSSR count). The van der Waals surface area contributed by atoms with E-state index in [-0.39, 0.29) is 0 Å². The van der Waals surface area contributed by atoms with E-state index in [0.29, 0.717) is 12.8 Å². The van der Waals surface area contributed by atoms with Crippen LogP contribution in [-0.4, -0.2) is 28.8 Å². The molecule has 0 unspecified atom stereocenters. The summed E-state index contributed by atoms with van der Waals surface area (Å²) in [6, 6.07) is 6.92. The highest BCUT2D eigenvalue weighted by atomic mass is 16.6. The molecule has 1 aromatic rings. The standard InChI is InChI=1S/C16H23NO4/c1-11-5-7-12(8-6-11)9-10-13(14(18)19)17-15(20)21-16(2,3)4/h5-8,13H,9-10H2,1-4H3,(H,17,20)(H,18,19)/t13-/m1/s1. The minimum atomic E-state index is -1.06. The predicted molar refractivity (Wildman–Crippen MR) is 80.3 cm³/mol. The first-order valence-corrected chi connectivity index (χ1v) is 6.95. The van der Waals surface area contributed by atoms with Gasteiger partial charge in [0.1, 0.15) is 11.6 Å². The quantitative estimate of drug-likeness (QED) is 0.875. The second kappa shape index (κ2) is 7.11. The van der Waals surface area contributed by atoms with Gasteiger partial charge in [-0.3, -0.25) is 0 Å². The number of hydrogen-bond donors (Lipinski definition) is 2. The summed E-state index contributed by atoms with van der Waals surface area (Å²) >= 11 is 0. The molecule has 0 aliphatic carbocycles. The summed E-state index contributed by atoms with van der Waals surface area (Å²) in [6.45, 7) is 7.19. The lowest BCUT2D eigenvalue weighted by atomic mass is 10.0. The lowest BCUT2D eigenvalue weighted by Crippen LogP contribution is -2.43. The van der Waals surface area contributed by atoms with Gasteiger partial charge in [-0.05, 0) is 46.1 Å². The number of benzene rings is 1. The second-order valence-corrected chi connectivity index (χ2v) is 6.06. The van der Waals surface area contributed by atoms with Gasteiger partial charge in [0.05, 0.1) is 0 Å². The van der Waals surface area contributed by atoms with Crippen LogP contribution in [0.1, 0.15) is 38.3 Å². The molecule has 2 N–H and O–H groups in total. The number of carbonyl (C=O) groups is 2. The Labute approximate surface area is 125 Å². The largest absolute Gasteiger partial charge is 0.480 e. The summed E-state index contributed by atoms with van der Waals surface area (Å²) < 4.78 is 5.07. The summed E-state index contributed by atoms with van der Waals surface area (Å²) in [5.74, 6) is -1.06. The number of aliphatic carboxylic acids is 1. The van der Waals surface area contributed by atoms with E-state index in [1.54, 1.807) is 20.8 Å². The fraction of sp³-hybridized carbons (Fsp3) is 0.500. The van der Waals surface area contributed by atoms with E-state index in [9.17, 15) is 14.7 Å². The molecule has 116 valence electrons. The second-order valence-electron chi connectivity index (χ2n) is 6.06. The zero-order chi connectivity index (χ0) is 16.0. The lowest BCUT2D eigenvalue weighted by molar-refractivity contribution is -0.139. The highest BCUT2D eigenvalue weighted by Gasteiger charge is 2.23. The van der Waals surface area contributed by atoms with Crippen LogP contribution in [0.2, 0.25) is 0 Å². The molecule has 0 spiro atoms. The summed E-state index contributed by atoms with van der Waals surface area (Å²) in [5.41, 5.74) is 1.54. The van der Waals surface area contributed by atoms with Crippen LogP contribution in [-0.2, 0) is 16.0 Å². The summed E-state index contributed by atoms with van der Waals surface area (Å²) in [5, 5.41) is 11.6. The van der Waals surface area contributed by atoms with Crippen LogP contribution in [0, 0.1) is 6.92 Å². The third-order valence-corrected chi connectivity index (χ3v) is 2.83. The van der Waals surface area contributed by atoms with Crippen LogP contribution in [0.4, 0.5) is 4.79 Å². The Balaban J connectivity index is 2.56. The monoisotopic (exact) mass is 293 g/mol. The van der Waals surface area contributed by atoms with E-state index in [1.807, 2.05) is 31.2 Å². The van der Waals surface area contributed by atoms with Crippen LogP contribution in [0.5, 0.6) is 0 Å². The number of hydrogen-bond acceptors (Lipinski definition) is 3. The van der Waals surface area contributed by atoms with Gasteiger partial charge in [0.2, 0.25) is 0 Å². The molecule has 21 heavy (non-hydrogen) atoms. The molecule has 1 atom stereocenters. The molecule has 5 heteroatoms. The fourth-order valence-electron chi connectivity index (χ4n) is 1.77. The molecule has 0 heterocycles. The average molecular weight is 293 g/mol. The number of alkyl carbamates (subject to hydrolysis) is 1. The molecule has 0 aromatic heterocycles. The van der Waals surface area contributed by atoms with Crippen molar-refractivity contribution in [2.24, 2.45) is 0 Å². The van der Waals surface area contributed by atoms with Crippen molar-refractivity contribution < 1.29 is 19.4 Å². The van der Waals surface area contributed by atoms with Crippen molar-refractivity contribution >= 4 is 12.1 Å². The third kappa shape index (κ3) is 6.79. The zero-order valence-electron chi connectivity index (χ0n) is 13.0. The number of aryl methyl sites for hydroxylation is 2. The normalized spacial score (nSPS) is 12.6. The maximum Gasteiger partial charge on any atom is 0.408 e. The average Bonchev–Trinajstić information content (AvgIpc) is 2.33. The fourth-order valence-corrected chi connectivity index (χ4v) is 1.77. The minimum Gasteiger partial charge on any atom is -0.480 e. The molecule has 1 amide bonds. The van der Waals surface area contributed by atoms with Gasteiger partial charge in [-0.1, -0.05) is 29.8 Å². The topological polar surface area (TPSA) is 75.6 Å². The number of rotatable bonds is 5. The van der Waals surface area contributed by atoms with Crippen LogP contribution >= 0.6 is 0 Å². The number of carbonyl (C=O) groups excluding carboxylic acids is 1. The van der Waals surface area contributed by atoms with Crippen molar-refractivity contribution in [3.8, 4) is 0 Å². The zero-order valence-corrected chi connectivity index (χ0v) is 13.0. The molecule has 0 saturated heterocycles. The molecule has 0 aliphatic rings. The van der Waals surface area contributed by atoms with E-state index in [4.69, 9.17) is 4.74 Å². The Morgan fingerprint density at radius 1 is 1.24 bits per heavy atom. The molecule has 0 aliphatic heterocycles. The Morgan fingerprint density at radius 3 is 2.29 bits per heavy atom. The van der Waals surface area contributed by atoms with Crippen LogP contribution in [0.25, 0.3) is 0 Å². The summed E-state index contributed by atoms with van der Waals surface area (Å²) in [4.78, 5) is 22.8. The first-order chi connectivity index (χ1) is 9.67. The van der Waals surface area contributed by atoms with Crippen LogP contribution in [0.3, 0.4) is 0 Å². The van der Waals surface area contributed by atoms with E-state index in [1.165, 1.54) is 0 Å². The highest BCUT2D eigenvalue weighted by molar-refractivity contribution is 5.80. The number of amides is 1. The Bertz CT molecular complexity index is 488. The third-order valence-electron chi connectivity index (χ3n) is 2.83. The lowest BCUT2D eigenvalue weighted by Gasteiger charge is -2.22. The van der Waals surface area contributed by atoms with Gasteiger partial charge in [-0.25, -0.2) is 9.59 Å². The molecule has 1 aromatic carbocycles. The molecule has 0 bridgehead atoms. The van der Waals surface area contributed by atoms with E-state index >= 15 is 0 Å². The molecule has 0 saturated carbocycles. The summed E-state index contributed by atoms with van der Waals surface area (Å²) in [6.07, 6.45) is 0.184.